The number of hydrogen-bond acceptors (Lipinski definition) is 3. The predicted octanol–water partition coefficient (Wildman–Crippen LogP) is 18.2. The van der Waals surface area contributed by atoms with E-state index in [1.165, 1.54) is 119 Å². The lowest BCUT2D eigenvalue weighted by molar-refractivity contribution is 0.330. The Morgan fingerprint density at radius 1 is 0.364 bits per heavy atom. The molecule has 5 aliphatic rings. The van der Waals surface area contributed by atoms with E-state index in [0.29, 0.717) is 0 Å². The second-order valence-electron chi connectivity index (χ2n) is 27.9. The van der Waals surface area contributed by atoms with Crippen LogP contribution in [0.4, 0.5) is 51.2 Å². The molecule has 2 aliphatic heterocycles. The second kappa shape index (κ2) is 16.9. The summed E-state index contributed by atoms with van der Waals surface area (Å²) in [6.45, 7) is 34.5. The standard InChI is InChI=1S/C73H78BN3/c1-46-38-54-56(70(7,8)35-34-69(54,5)6)43-62(46)77-61-32-30-49(48-24-18-15-19-25-48)39-58(61)74-59-42-55-57(73(13,14)45-72(55,11)12)44-63(59)76(60-33-31-53-66(47(60)2)71(9,10)37-36-68(53,3)4)64-40-52(41-65(77)67(64)74)75(50-26-20-16-21-27-50)51-28-22-17-23-29-51/h15-33,38-44H,34-37,45H2,1-14H3. The predicted molar refractivity (Wildman–Crippen MR) is 331 cm³/mol. The Balaban J connectivity index is 1.21. The molecule has 0 radical (unpaired) electrons. The van der Waals surface area contributed by atoms with Crippen LogP contribution in [0.5, 0.6) is 0 Å². The molecule has 0 bridgehead atoms. The lowest BCUT2D eigenvalue weighted by atomic mass is 9.33. The molecule has 13 rings (SSSR count). The number of anilines is 9. The number of para-hydroxylation sites is 2. The van der Waals surface area contributed by atoms with Crippen LogP contribution >= 0.6 is 0 Å². The molecule has 0 spiro atoms. The van der Waals surface area contributed by atoms with E-state index in [1.807, 2.05) is 0 Å². The van der Waals surface area contributed by atoms with E-state index in [-0.39, 0.29) is 39.2 Å². The maximum Gasteiger partial charge on any atom is 0.252 e. The van der Waals surface area contributed by atoms with E-state index < -0.39 is 0 Å². The van der Waals surface area contributed by atoms with Gasteiger partial charge >= 0.3 is 0 Å². The summed E-state index contributed by atoms with van der Waals surface area (Å²) in [5, 5.41) is 0. The normalized spacial score (nSPS) is 19.1. The molecule has 388 valence electrons. The average Bonchev–Trinajstić information content (AvgIpc) is 3.85. The van der Waals surface area contributed by atoms with Crippen molar-refractivity contribution >= 4 is 74.3 Å². The molecule has 0 saturated heterocycles. The molecule has 4 heteroatoms. The molecule has 0 unspecified atom stereocenters. The molecule has 0 atom stereocenters. The van der Waals surface area contributed by atoms with Crippen LogP contribution in [0.3, 0.4) is 0 Å². The molecule has 0 fully saturated rings. The molecule has 3 aliphatic carbocycles. The van der Waals surface area contributed by atoms with Gasteiger partial charge in [-0.05, 0) is 211 Å². The molecular weight excluding hydrogens is 930 g/mol. The zero-order chi connectivity index (χ0) is 53.9. The van der Waals surface area contributed by atoms with Gasteiger partial charge in [0, 0.05) is 45.5 Å². The van der Waals surface area contributed by atoms with Gasteiger partial charge in [-0.15, -0.1) is 0 Å². The van der Waals surface area contributed by atoms with Gasteiger partial charge in [0.25, 0.3) is 6.71 Å². The van der Waals surface area contributed by atoms with Crippen molar-refractivity contribution in [1.82, 2.24) is 0 Å². The number of nitrogens with zero attached hydrogens (tertiary/aromatic N) is 3. The quantitative estimate of drug-likeness (QED) is 0.154. The monoisotopic (exact) mass is 1010 g/mol. The number of benzene rings is 8. The maximum absolute atomic E-state index is 2.76. The Kier molecular flexibility index (Phi) is 10.9. The summed E-state index contributed by atoms with van der Waals surface area (Å²) < 4.78 is 0. The Bertz CT molecular complexity index is 3670. The van der Waals surface area contributed by atoms with Gasteiger partial charge in [0.2, 0.25) is 0 Å². The minimum Gasteiger partial charge on any atom is -0.311 e. The van der Waals surface area contributed by atoms with E-state index in [0.717, 1.165) is 36.3 Å². The van der Waals surface area contributed by atoms with Gasteiger partial charge in [0.1, 0.15) is 0 Å². The first-order valence-corrected chi connectivity index (χ1v) is 28.8. The van der Waals surface area contributed by atoms with Crippen molar-refractivity contribution in [1.29, 1.82) is 0 Å². The minimum absolute atomic E-state index is 0.00475. The highest BCUT2D eigenvalue weighted by molar-refractivity contribution is 7.00. The molecule has 2 heterocycles. The van der Waals surface area contributed by atoms with Crippen molar-refractivity contribution < 1.29 is 0 Å². The summed E-state index contributed by atoms with van der Waals surface area (Å²) in [5.41, 5.74) is 29.4. The van der Waals surface area contributed by atoms with Crippen molar-refractivity contribution in [2.45, 2.75) is 162 Å². The highest BCUT2D eigenvalue weighted by atomic mass is 15.2. The zero-order valence-corrected chi connectivity index (χ0v) is 48.5. The van der Waals surface area contributed by atoms with E-state index in [4.69, 9.17) is 0 Å². The minimum atomic E-state index is -0.0523. The molecule has 8 aromatic rings. The van der Waals surface area contributed by atoms with E-state index in [9.17, 15) is 0 Å². The molecule has 0 N–H and O–H groups in total. The first-order chi connectivity index (χ1) is 36.5. The van der Waals surface area contributed by atoms with Crippen LogP contribution in [0.2, 0.25) is 0 Å². The van der Waals surface area contributed by atoms with Crippen molar-refractivity contribution in [3.05, 3.63) is 202 Å². The van der Waals surface area contributed by atoms with E-state index >= 15 is 0 Å². The topological polar surface area (TPSA) is 9.72 Å². The van der Waals surface area contributed by atoms with Crippen LogP contribution in [0.1, 0.15) is 160 Å². The fraction of sp³-hybridized carbons (Fsp3) is 0.342. The number of fused-ring (bicyclic) bond motifs is 7. The fourth-order valence-electron chi connectivity index (χ4n) is 15.7. The Morgan fingerprint density at radius 2 is 0.831 bits per heavy atom. The summed E-state index contributed by atoms with van der Waals surface area (Å²) in [6, 6.07) is 61.3. The van der Waals surface area contributed by atoms with E-state index in [2.05, 4.69) is 269 Å². The van der Waals surface area contributed by atoms with Crippen LogP contribution in [0, 0.1) is 13.8 Å². The maximum atomic E-state index is 2.76. The Morgan fingerprint density at radius 3 is 1.43 bits per heavy atom. The van der Waals surface area contributed by atoms with Gasteiger partial charge in [-0.1, -0.05) is 180 Å². The Hall–Kier alpha value is -6.78. The number of rotatable bonds is 6. The molecule has 0 saturated carbocycles. The molecule has 0 aromatic heterocycles. The molecular formula is C73H78BN3. The van der Waals surface area contributed by atoms with Gasteiger partial charge in [-0.25, -0.2) is 0 Å². The van der Waals surface area contributed by atoms with Crippen LogP contribution in [-0.4, -0.2) is 6.71 Å². The fourth-order valence-corrected chi connectivity index (χ4v) is 15.7. The third-order valence-electron chi connectivity index (χ3n) is 19.8. The largest absolute Gasteiger partial charge is 0.311 e. The van der Waals surface area contributed by atoms with Gasteiger partial charge in [-0.2, -0.15) is 0 Å². The van der Waals surface area contributed by atoms with Crippen LogP contribution in [-0.2, 0) is 32.5 Å². The smallest absolute Gasteiger partial charge is 0.252 e. The van der Waals surface area contributed by atoms with Gasteiger partial charge in [-0.3, -0.25) is 0 Å². The van der Waals surface area contributed by atoms with Crippen molar-refractivity contribution in [2.24, 2.45) is 0 Å². The lowest BCUT2D eigenvalue weighted by Crippen LogP contribution is -2.61. The first-order valence-electron chi connectivity index (χ1n) is 28.8. The molecule has 8 aromatic carbocycles. The van der Waals surface area contributed by atoms with Crippen molar-refractivity contribution in [2.75, 3.05) is 14.7 Å². The highest BCUT2D eigenvalue weighted by Gasteiger charge is 2.50. The van der Waals surface area contributed by atoms with Gasteiger partial charge < -0.3 is 14.7 Å². The first kappa shape index (κ1) is 49.8. The van der Waals surface area contributed by atoms with Crippen molar-refractivity contribution in [3.8, 4) is 11.1 Å². The number of hydrogen-bond donors (Lipinski definition) is 0. The summed E-state index contributed by atoms with van der Waals surface area (Å²) in [4.78, 5) is 7.96. The molecule has 0 amide bonds. The van der Waals surface area contributed by atoms with Crippen LogP contribution < -0.4 is 31.1 Å². The lowest BCUT2D eigenvalue weighted by Gasteiger charge is -2.48. The van der Waals surface area contributed by atoms with Gasteiger partial charge in [0.15, 0.2) is 0 Å². The summed E-state index contributed by atoms with van der Waals surface area (Å²) in [5.74, 6) is 0. The Labute approximate surface area is 461 Å². The third-order valence-corrected chi connectivity index (χ3v) is 19.8. The zero-order valence-electron chi connectivity index (χ0n) is 48.5. The highest BCUT2D eigenvalue weighted by Crippen LogP contribution is 2.57. The SMILES string of the molecule is Cc1cc2c(cc1N1c3ccc(-c4ccccc4)cc3B3c4cc5c(cc4N(c4ccc6c(c4C)C(C)(C)CCC6(C)C)c4cc(N(c6ccccc6)c6ccccc6)cc1c43)C(C)(C)CC5(C)C)C(C)(C)CCC2(C)C. The summed E-state index contributed by atoms with van der Waals surface area (Å²) in [7, 11) is 0. The van der Waals surface area contributed by atoms with Crippen LogP contribution in [0.25, 0.3) is 11.1 Å². The summed E-state index contributed by atoms with van der Waals surface area (Å²) in [6.07, 6.45) is 5.77. The number of aryl methyl sites for hydroxylation is 1. The van der Waals surface area contributed by atoms with Crippen LogP contribution in [0.15, 0.2) is 158 Å². The van der Waals surface area contributed by atoms with E-state index in [1.54, 1.807) is 0 Å². The third kappa shape index (κ3) is 7.57. The van der Waals surface area contributed by atoms with Gasteiger partial charge in [0.05, 0.1) is 5.69 Å². The molecule has 77 heavy (non-hydrogen) atoms. The summed E-state index contributed by atoms with van der Waals surface area (Å²) >= 11 is 0. The second-order valence-corrected chi connectivity index (χ2v) is 27.9. The molecule has 3 nitrogen and oxygen atoms in total. The van der Waals surface area contributed by atoms with Crippen molar-refractivity contribution in [3.63, 3.8) is 0 Å². The average molecular weight is 1010 g/mol.